The Morgan fingerprint density at radius 3 is 3.07 bits per heavy atom. The van der Waals surface area contributed by atoms with Gasteiger partial charge in [0.15, 0.2) is 0 Å². The summed E-state index contributed by atoms with van der Waals surface area (Å²) >= 11 is 0. The van der Waals surface area contributed by atoms with E-state index >= 15 is 0 Å². The Bertz CT molecular complexity index is 526. The third kappa shape index (κ3) is 1.89. The highest BCUT2D eigenvalue weighted by Crippen LogP contribution is 2.18. The molecule has 0 saturated carbocycles. The molecule has 2 N–H and O–H groups in total. The maximum Gasteiger partial charge on any atom is 0.134 e. The minimum Gasteiger partial charge on any atom is -0.383 e. The molecule has 0 amide bonds. The van der Waals surface area contributed by atoms with E-state index in [9.17, 15) is 0 Å². The molecule has 0 aliphatic carbocycles. The van der Waals surface area contributed by atoms with Crippen molar-refractivity contribution >= 4 is 16.7 Å². The number of nitrogens with zero attached hydrogens (tertiary/aromatic N) is 2. The molecule has 0 bridgehead atoms. The lowest BCUT2D eigenvalue weighted by Crippen LogP contribution is -1.94. The lowest BCUT2D eigenvalue weighted by atomic mass is 10.1. The van der Waals surface area contributed by atoms with Crippen LogP contribution < -0.4 is 5.73 Å². The van der Waals surface area contributed by atoms with Crippen LogP contribution in [0.5, 0.6) is 0 Å². The van der Waals surface area contributed by atoms with Gasteiger partial charge in [-0.05, 0) is 24.1 Å². The van der Waals surface area contributed by atoms with E-state index in [2.05, 4.69) is 15.9 Å². The minimum atomic E-state index is 0.507. The molecule has 2 rings (SSSR count). The van der Waals surface area contributed by atoms with Crippen LogP contribution in [0.4, 0.5) is 5.82 Å². The zero-order valence-electron chi connectivity index (χ0n) is 8.14. The summed E-state index contributed by atoms with van der Waals surface area (Å²) in [5.41, 5.74) is 7.69. The van der Waals surface area contributed by atoms with E-state index in [1.165, 1.54) is 6.33 Å². The number of hydrogen-bond donors (Lipinski definition) is 1. The highest BCUT2D eigenvalue weighted by molar-refractivity contribution is 5.88. The van der Waals surface area contributed by atoms with E-state index in [1.54, 1.807) is 6.42 Å². The van der Waals surface area contributed by atoms with Crippen molar-refractivity contribution in [3.8, 4) is 12.3 Å². The molecule has 3 nitrogen and oxygen atoms in total. The highest BCUT2D eigenvalue weighted by atomic mass is 14.9. The van der Waals surface area contributed by atoms with Crippen LogP contribution in [0.3, 0.4) is 0 Å². The molecule has 1 aromatic heterocycles. The summed E-state index contributed by atoms with van der Waals surface area (Å²) in [5.74, 6) is 3.00. The number of nitrogen functional groups attached to an aromatic ring is 1. The van der Waals surface area contributed by atoms with Crippen molar-refractivity contribution in [3.05, 3.63) is 36.5 Å². The van der Waals surface area contributed by atoms with Crippen molar-refractivity contribution in [3.63, 3.8) is 0 Å². The lowest BCUT2D eigenvalue weighted by Gasteiger charge is -2.02. The minimum absolute atomic E-state index is 0.507. The van der Waals surface area contributed by atoms with E-state index in [0.29, 0.717) is 5.82 Å². The maximum absolute atomic E-state index is 5.72. The van der Waals surface area contributed by atoms with Gasteiger partial charge >= 0.3 is 0 Å². The van der Waals surface area contributed by atoms with E-state index in [-0.39, 0.29) is 0 Å². The summed E-state index contributed by atoms with van der Waals surface area (Å²) < 4.78 is 0. The van der Waals surface area contributed by atoms with Crippen molar-refractivity contribution < 1.29 is 0 Å². The van der Waals surface area contributed by atoms with E-state index in [4.69, 9.17) is 12.2 Å². The normalized spacial score (nSPS) is 10.1. The van der Waals surface area contributed by atoms with E-state index in [1.807, 2.05) is 18.2 Å². The zero-order valence-corrected chi connectivity index (χ0v) is 8.14. The predicted molar refractivity (Wildman–Crippen MR) is 60.8 cm³/mol. The summed E-state index contributed by atoms with van der Waals surface area (Å²) in [6, 6.07) is 5.88. The molecule has 1 heterocycles. The first kappa shape index (κ1) is 9.47. The van der Waals surface area contributed by atoms with Crippen LogP contribution in [-0.4, -0.2) is 9.97 Å². The monoisotopic (exact) mass is 196 g/mol. The van der Waals surface area contributed by atoms with Gasteiger partial charge in [-0.15, -0.1) is 12.3 Å². The van der Waals surface area contributed by atoms with Crippen molar-refractivity contribution in [1.82, 2.24) is 9.97 Å². The summed E-state index contributed by atoms with van der Waals surface area (Å²) in [6.07, 6.45) is 9.14. The first-order valence-electron chi connectivity index (χ1n) is 4.58. The number of aromatic nitrogens is 2. The fourth-order valence-electron chi connectivity index (χ4n) is 1.43. The molecule has 1 aromatic carbocycles. The van der Waals surface area contributed by atoms with Gasteiger partial charge in [-0.2, -0.15) is 0 Å². The molecular formula is C12H10N3. The number of nitrogens with two attached hydrogens (primary N) is 1. The molecule has 1 radical (unpaired) electrons. The average Bonchev–Trinajstić information content (AvgIpc) is 2.26. The second kappa shape index (κ2) is 3.97. The van der Waals surface area contributed by atoms with Crippen LogP contribution in [0.2, 0.25) is 0 Å². The predicted octanol–water partition coefficient (Wildman–Crippen LogP) is 1.59. The van der Waals surface area contributed by atoms with Gasteiger partial charge in [-0.25, -0.2) is 9.97 Å². The van der Waals surface area contributed by atoms with Crippen molar-refractivity contribution in [2.75, 3.05) is 5.73 Å². The van der Waals surface area contributed by atoms with Gasteiger partial charge in [-0.1, -0.05) is 6.07 Å². The molecule has 2 aromatic rings. The smallest absolute Gasteiger partial charge is 0.134 e. The molecular weight excluding hydrogens is 186 g/mol. The van der Waals surface area contributed by atoms with Crippen LogP contribution in [0.15, 0.2) is 24.5 Å². The third-order valence-corrected chi connectivity index (χ3v) is 2.19. The SMILES string of the molecule is C#C[CH]Cc1ccc2c(N)ncnc2c1. The Morgan fingerprint density at radius 2 is 2.27 bits per heavy atom. The Balaban J connectivity index is 2.44. The molecule has 0 aliphatic heterocycles. The maximum atomic E-state index is 5.72. The number of terminal acetylenes is 1. The van der Waals surface area contributed by atoms with Crippen LogP contribution >= 0.6 is 0 Å². The van der Waals surface area contributed by atoms with Crippen LogP contribution in [-0.2, 0) is 6.42 Å². The summed E-state index contributed by atoms with van der Waals surface area (Å²) in [4.78, 5) is 8.08. The van der Waals surface area contributed by atoms with Crippen molar-refractivity contribution in [2.24, 2.45) is 0 Å². The Hall–Kier alpha value is -2.08. The second-order valence-corrected chi connectivity index (χ2v) is 3.19. The second-order valence-electron chi connectivity index (χ2n) is 3.19. The number of benzene rings is 1. The summed E-state index contributed by atoms with van der Waals surface area (Å²) in [5, 5.41) is 0.877. The topological polar surface area (TPSA) is 51.8 Å². The van der Waals surface area contributed by atoms with Gasteiger partial charge in [0, 0.05) is 11.8 Å². The molecule has 0 saturated heterocycles. The van der Waals surface area contributed by atoms with Crippen molar-refractivity contribution in [2.45, 2.75) is 6.42 Å². The Kier molecular flexibility index (Phi) is 2.51. The molecule has 3 heteroatoms. The van der Waals surface area contributed by atoms with Gasteiger partial charge in [0.1, 0.15) is 12.1 Å². The number of rotatable bonds is 2. The molecule has 73 valence electrons. The molecule has 15 heavy (non-hydrogen) atoms. The largest absolute Gasteiger partial charge is 0.383 e. The number of anilines is 1. The lowest BCUT2D eigenvalue weighted by molar-refractivity contribution is 1.19. The fourth-order valence-corrected chi connectivity index (χ4v) is 1.43. The highest BCUT2D eigenvalue weighted by Gasteiger charge is 2.00. The third-order valence-electron chi connectivity index (χ3n) is 2.19. The Labute approximate surface area is 88.4 Å². The van der Waals surface area contributed by atoms with Crippen LogP contribution in [0, 0.1) is 18.8 Å². The first-order chi connectivity index (χ1) is 7.31. The van der Waals surface area contributed by atoms with Gasteiger partial charge < -0.3 is 5.73 Å². The molecule has 0 aliphatic rings. The van der Waals surface area contributed by atoms with Gasteiger partial charge in [-0.3, -0.25) is 0 Å². The van der Waals surface area contributed by atoms with E-state index in [0.717, 1.165) is 22.9 Å². The van der Waals surface area contributed by atoms with E-state index < -0.39 is 0 Å². The zero-order chi connectivity index (χ0) is 10.7. The first-order valence-corrected chi connectivity index (χ1v) is 4.58. The Morgan fingerprint density at radius 1 is 1.40 bits per heavy atom. The number of hydrogen-bond acceptors (Lipinski definition) is 3. The van der Waals surface area contributed by atoms with Crippen LogP contribution in [0.1, 0.15) is 5.56 Å². The summed E-state index contributed by atoms with van der Waals surface area (Å²) in [6.45, 7) is 0. The van der Waals surface area contributed by atoms with Gasteiger partial charge in [0.25, 0.3) is 0 Å². The number of fused-ring (bicyclic) bond motifs is 1. The molecule has 0 atom stereocenters. The fraction of sp³-hybridized carbons (Fsp3) is 0.0833. The molecule has 0 spiro atoms. The summed E-state index contributed by atoms with van der Waals surface area (Å²) in [7, 11) is 0. The van der Waals surface area contributed by atoms with Gasteiger partial charge in [0.05, 0.1) is 5.52 Å². The van der Waals surface area contributed by atoms with Crippen molar-refractivity contribution in [1.29, 1.82) is 0 Å². The van der Waals surface area contributed by atoms with Crippen LogP contribution in [0.25, 0.3) is 10.9 Å². The quantitative estimate of drug-likeness (QED) is 0.742. The van der Waals surface area contributed by atoms with Gasteiger partial charge in [0.2, 0.25) is 0 Å². The average molecular weight is 196 g/mol. The standard InChI is InChI=1S/C12H10N3/c1-2-3-4-9-5-6-10-11(7-9)14-8-15-12(10)13/h1,3,5-8H,4H2,(H2,13,14,15). The molecule has 0 unspecified atom stereocenters. The molecule has 0 fully saturated rings.